The quantitative estimate of drug-likeness (QED) is 0.643. The van der Waals surface area contributed by atoms with Crippen molar-refractivity contribution in [3.8, 4) is 11.5 Å². The molecule has 0 saturated carbocycles. The maximum atomic E-state index is 12.9. The molecule has 3 aromatic rings. The summed E-state index contributed by atoms with van der Waals surface area (Å²) in [5, 5.41) is 3.58. The number of amides is 1. The lowest BCUT2D eigenvalue weighted by Gasteiger charge is -2.25. The zero-order chi connectivity index (χ0) is 21.1. The van der Waals surface area contributed by atoms with E-state index < -0.39 is 0 Å². The van der Waals surface area contributed by atoms with Crippen LogP contribution in [0.5, 0.6) is 11.5 Å². The van der Waals surface area contributed by atoms with E-state index >= 15 is 0 Å². The van der Waals surface area contributed by atoms with E-state index in [4.69, 9.17) is 9.47 Å². The van der Waals surface area contributed by atoms with Crippen molar-refractivity contribution in [1.29, 1.82) is 0 Å². The van der Waals surface area contributed by atoms with Crippen LogP contribution in [0, 0.1) is 0 Å². The predicted octanol–water partition coefficient (Wildman–Crippen LogP) is 2.50. The molecule has 0 spiro atoms. The van der Waals surface area contributed by atoms with Gasteiger partial charge in [-0.05, 0) is 31.4 Å². The molecular weight excluding hydrogens is 406 g/mol. The molecule has 30 heavy (non-hydrogen) atoms. The Bertz CT molecular complexity index is 1120. The summed E-state index contributed by atoms with van der Waals surface area (Å²) in [6, 6.07) is 5.08. The number of benzene rings is 1. The second-order valence-electron chi connectivity index (χ2n) is 6.99. The highest BCUT2D eigenvalue weighted by atomic mass is 32.1. The van der Waals surface area contributed by atoms with Crippen LogP contribution in [0.25, 0.3) is 10.3 Å². The molecular formula is C20H23N5O4S. The van der Waals surface area contributed by atoms with Crippen LogP contribution < -0.4 is 25.2 Å². The zero-order valence-electron chi connectivity index (χ0n) is 16.9. The Balaban J connectivity index is 1.53. The Morgan fingerprint density at radius 3 is 2.73 bits per heavy atom. The number of hydrogen-bond donors (Lipinski definition) is 1. The summed E-state index contributed by atoms with van der Waals surface area (Å²) in [4.78, 5) is 36.4. The van der Waals surface area contributed by atoms with Crippen LogP contribution in [0.15, 0.2) is 29.3 Å². The molecule has 1 aliphatic rings. The maximum Gasteiger partial charge on any atom is 0.273 e. The number of piperidine rings is 1. The molecule has 1 aliphatic heterocycles. The number of nitrogens with zero attached hydrogens (tertiary/aromatic N) is 4. The smallest absolute Gasteiger partial charge is 0.273 e. The van der Waals surface area contributed by atoms with E-state index in [0.29, 0.717) is 27.5 Å². The lowest BCUT2D eigenvalue weighted by molar-refractivity contribution is -0.116. The number of anilines is 2. The van der Waals surface area contributed by atoms with Crippen LogP contribution >= 0.6 is 11.3 Å². The fraction of sp³-hybridized carbons (Fsp3) is 0.400. The molecule has 1 fully saturated rings. The summed E-state index contributed by atoms with van der Waals surface area (Å²) in [6.07, 6.45) is 4.85. The van der Waals surface area contributed by atoms with E-state index in [1.165, 1.54) is 35.8 Å². The number of carbonyl (C=O) groups excluding carboxylic acids is 1. The molecule has 0 radical (unpaired) electrons. The summed E-state index contributed by atoms with van der Waals surface area (Å²) in [5.41, 5.74) is 0.659. The van der Waals surface area contributed by atoms with Gasteiger partial charge in [0, 0.05) is 19.2 Å². The Labute approximate surface area is 177 Å². The van der Waals surface area contributed by atoms with Crippen LogP contribution in [0.4, 0.5) is 10.8 Å². The molecule has 158 valence electrons. The molecule has 0 aliphatic carbocycles. The normalized spacial score (nSPS) is 14.0. The molecule has 1 amide bonds. The monoisotopic (exact) mass is 429 g/mol. The fourth-order valence-electron chi connectivity index (χ4n) is 3.41. The second kappa shape index (κ2) is 8.70. The third-order valence-electron chi connectivity index (χ3n) is 5.00. The molecule has 1 saturated heterocycles. The predicted molar refractivity (Wildman–Crippen MR) is 116 cm³/mol. The van der Waals surface area contributed by atoms with E-state index in [0.717, 1.165) is 31.1 Å². The van der Waals surface area contributed by atoms with Gasteiger partial charge in [-0.25, -0.2) is 4.98 Å². The summed E-state index contributed by atoms with van der Waals surface area (Å²) < 4.78 is 12.2. The second-order valence-corrected chi connectivity index (χ2v) is 7.97. The number of fused-ring (bicyclic) bond motifs is 1. The largest absolute Gasteiger partial charge is 0.497 e. The van der Waals surface area contributed by atoms with E-state index in [1.54, 1.807) is 25.3 Å². The van der Waals surface area contributed by atoms with Crippen LogP contribution in [0.3, 0.4) is 0 Å². The van der Waals surface area contributed by atoms with Crippen molar-refractivity contribution < 1.29 is 14.3 Å². The average molecular weight is 430 g/mol. The fourth-order valence-corrected chi connectivity index (χ4v) is 4.44. The molecule has 0 bridgehead atoms. The molecule has 3 heterocycles. The van der Waals surface area contributed by atoms with Crippen molar-refractivity contribution in [2.24, 2.45) is 0 Å². The van der Waals surface area contributed by atoms with Gasteiger partial charge in [0.2, 0.25) is 5.91 Å². The molecule has 1 aromatic carbocycles. The van der Waals surface area contributed by atoms with Gasteiger partial charge >= 0.3 is 0 Å². The SMILES string of the molecule is COc1ccc(NC(=O)Cn2cnc3nc(N4CCCCC4)sc3c2=O)c(OC)c1. The first-order valence-corrected chi connectivity index (χ1v) is 10.5. The van der Waals surface area contributed by atoms with Gasteiger partial charge in [-0.1, -0.05) is 11.3 Å². The van der Waals surface area contributed by atoms with Crippen molar-refractivity contribution in [2.75, 3.05) is 37.5 Å². The Hall–Kier alpha value is -3.14. The topological polar surface area (TPSA) is 98.6 Å². The third kappa shape index (κ3) is 4.09. The van der Waals surface area contributed by atoms with Gasteiger partial charge in [-0.3, -0.25) is 14.2 Å². The maximum absolute atomic E-state index is 12.9. The van der Waals surface area contributed by atoms with Crippen molar-refractivity contribution in [1.82, 2.24) is 14.5 Å². The number of thiazole rings is 1. The number of nitrogens with one attached hydrogen (secondary N) is 1. The Morgan fingerprint density at radius 1 is 1.20 bits per heavy atom. The van der Waals surface area contributed by atoms with Crippen LogP contribution in [0.1, 0.15) is 19.3 Å². The van der Waals surface area contributed by atoms with Gasteiger partial charge in [0.25, 0.3) is 5.56 Å². The lowest BCUT2D eigenvalue weighted by atomic mass is 10.1. The van der Waals surface area contributed by atoms with Gasteiger partial charge < -0.3 is 19.7 Å². The van der Waals surface area contributed by atoms with Gasteiger partial charge in [-0.2, -0.15) is 4.98 Å². The summed E-state index contributed by atoms with van der Waals surface area (Å²) >= 11 is 1.34. The molecule has 0 unspecified atom stereocenters. The first kappa shape index (κ1) is 20.1. The zero-order valence-corrected chi connectivity index (χ0v) is 17.7. The van der Waals surface area contributed by atoms with E-state index in [2.05, 4.69) is 20.2 Å². The highest BCUT2D eigenvalue weighted by Crippen LogP contribution is 2.29. The van der Waals surface area contributed by atoms with Gasteiger partial charge in [-0.15, -0.1) is 0 Å². The van der Waals surface area contributed by atoms with Crippen molar-refractivity contribution >= 4 is 38.4 Å². The van der Waals surface area contributed by atoms with E-state index in [9.17, 15) is 9.59 Å². The number of carbonyl (C=O) groups is 1. The first-order chi connectivity index (χ1) is 14.6. The molecule has 10 heteroatoms. The number of ether oxygens (including phenoxy) is 2. The van der Waals surface area contributed by atoms with Crippen molar-refractivity contribution in [2.45, 2.75) is 25.8 Å². The average Bonchev–Trinajstić information content (AvgIpc) is 3.22. The third-order valence-corrected chi connectivity index (χ3v) is 6.09. The van der Waals surface area contributed by atoms with E-state index in [1.807, 2.05) is 0 Å². The minimum absolute atomic E-state index is 0.159. The molecule has 4 rings (SSSR count). The van der Waals surface area contributed by atoms with Crippen LogP contribution in [-0.2, 0) is 11.3 Å². The number of aromatic nitrogens is 3. The summed E-state index contributed by atoms with van der Waals surface area (Å²) in [7, 11) is 3.06. The first-order valence-electron chi connectivity index (χ1n) is 9.72. The van der Waals surface area contributed by atoms with Crippen LogP contribution in [-0.4, -0.2) is 47.8 Å². The van der Waals surface area contributed by atoms with E-state index in [-0.39, 0.29) is 18.0 Å². The summed E-state index contributed by atoms with van der Waals surface area (Å²) in [5.74, 6) is 0.727. The van der Waals surface area contributed by atoms with Gasteiger partial charge in [0.1, 0.15) is 29.1 Å². The molecule has 2 aromatic heterocycles. The molecule has 0 atom stereocenters. The lowest BCUT2D eigenvalue weighted by Crippen LogP contribution is -2.29. The minimum Gasteiger partial charge on any atom is -0.497 e. The number of hydrogen-bond acceptors (Lipinski definition) is 8. The van der Waals surface area contributed by atoms with Gasteiger partial charge in [0.15, 0.2) is 10.8 Å². The molecule has 9 nitrogen and oxygen atoms in total. The van der Waals surface area contributed by atoms with Crippen molar-refractivity contribution in [3.63, 3.8) is 0 Å². The van der Waals surface area contributed by atoms with Crippen LogP contribution in [0.2, 0.25) is 0 Å². The standard InChI is InChI=1S/C20H23N5O4S/c1-28-13-6-7-14(15(10-13)29-2)22-16(26)11-25-12-21-18-17(19(25)27)30-20(23-18)24-8-4-3-5-9-24/h6-7,10,12H,3-5,8-9,11H2,1-2H3,(H,22,26). The van der Waals surface area contributed by atoms with Gasteiger partial charge in [0.05, 0.1) is 19.9 Å². The number of methoxy groups -OCH3 is 2. The number of rotatable bonds is 6. The highest BCUT2D eigenvalue weighted by Gasteiger charge is 2.18. The highest BCUT2D eigenvalue weighted by molar-refractivity contribution is 7.22. The Kier molecular flexibility index (Phi) is 5.84. The molecule has 1 N–H and O–H groups in total. The summed E-state index contributed by atoms with van der Waals surface area (Å²) in [6.45, 7) is 1.73. The minimum atomic E-state index is -0.359. The van der Waals surface area contributed by atoms with Crippen molar-refractivity contribution in [3.05, 3.63) is 34.9 Å². The Morgan fingerprint density at radius 2 is 2.00 bits per heavy atom.